The third kappa shape index (κ3) is 5.83. The third-order valence-corrected chi connectivity index (χ3v) is 6.80. The SMILES string of the molecule is CCS(CC)=NC(=O)c1cc(Cl)ccc1NC(=O)c1cc(C(F)(F)F)nn1-c1ncccc1Cl. The number of anilines is 1. The first-order valence-electron chi connectivity index (χ1n) is 9.87. The first-order valence-corrected chi connectivity index (χ1v) is 12.2. The standard InChI is InChI=1S/C21H18Cl2F3N5O2S/c1-3-34(4-2)30-19(32)13-10-12(22)7-8-15(13)28-20(33)16-11-17(21(24,25)26)29-31(16)18-14(23)6-5-9-27-18/h5-11H,3-4H2,1-2H3,(H,28,33). The van der Waals surface area contributed by atoms with Crippen molar-refractivity contribution in [3.63, 3.8) is 0 Å². The molecular formula is C21H18Cl2F3N5O2S. The molecule has 1 N–H and O–H groups in total. The lowest BCUT2D eigenvalue weighted by atomic mass is 10.1. The van der Waals surface area contributed by atoms with E-state index in [1.807, 2.05) is 13.8 Å². The molecule has 34 heavy (non-hydrogen) atoms. The molecule has 0 saturated carbocycles. The number of alkyl halides is 3. The van der Waals surface area contributed by atoms with Gasteiger partial charge in [0.25, 0.3) is 11.8 Å². The van der Waals surface area contributed by atoms with Gasteiger partial charge in [-0.1, -0.05) is 47.7 Å². The molecule has 0 aliphatic heterocycles. The number of halogens is 5. The Morgan fingerprint density at radius 1 is 1.15 bits per heavy atom. The quantitative estimate of drug-likeness (QED) is 0.433. The molecule has 3 aromatic rings. The fourth-order valence-electron chi connectivity index (χ4n) is 2.86. The highest BCUT2D eigenvalue weighted by molar-refractivity contribution is 7.87. The van der Waals surface area contributed by atoms with Crippen LogP contribution in [0.5, 0.6) is 0 Å². The van der Waals surface area contributed by atoms with Crippen molar-refractivity contribution in [3.05, 3.63) is 69.6 Å². The van der Waals surface area contributed by atoms with Gasteiger partial charge in [-0.25, -0.2) is 9.67 Å². The van der Waals surface area contributed by atoms with Gasteiger partial charge in [0.2, 0.25) is 0 Å². The van der Waals surface area contributed by atoms with Gasteiger partial charge in [0.1, 0.15) is 5.69 Å². The van der Waals surface area contributed by atoms with Gasteiger partial charge in [-0.15, -0.1) is 0 Å². The van der Waals surface area contributed by atoms with E-state index in [0.717, 1.165) is 0 Å². The average Bonchev–Trinajstić information content (AvgIpc) is 3.25. The first kappa shape index (κ1) is 25.9. The Kier molecular flexibility index (Phi) is 8.11. The molecule has 180 valence electrons. The number of hydrogen-bond donors (Lipinski definition) is 1. The van der Waals surface area contributed by atoms with Gasteiger partial charge in [0, 0.05) is 28.8 Å². The first-order chi connectivity index (χ1) is 16.0. The second kappa shape index (κ2) is 10.7. The highest BCUT2D eigenvalue weighted by Gasteiger charge is 2.36. The molecule has 0 aliphatic carbocycles. The second-order valence-corrected chi connectivity index (χ2v) is 9.82. The molecule has 2 amide bonds. The molecule has 7 nitrogen and oxygen atoms in total. The van der Waals surface area contributed by atoms with E-state index in [-0.39, 0.29) is 27.1 Å². The van der Waals surface area contributed by atoms with Crippen LogP contribution in [0.4, 0.5) is 18.9 Å². The molecule has 0 spiro atoms. The normalized spacial score (nSPS) is 11.5. The highest BCUT2D eigenvalue weighted by atomic mass is 35.5. The summed E-state index contributed by atoms with van der Waals surface area (Å²) in [4.78, 5) is 29.8. The van der Waals surface area contributed by atoms with Crippen LogP contribution in [0.1, 0.15) is 40.4 Å². The van der Waals surface area contributed by atoms with E-state index >= 15 is 0 Å². The third-order valence-electron chi connectivity index (χ3n) is 4.51. The molecule has 2 heterocycles. The lowest BCUT2D eigenvalue weighted by molar-refractivity contribution is -0.141. The summed E-state index contributed by atoms with van der Waals surface area (Å²) in [6.45, 7) is 3.79. The summed E-state index contributed by atoms with van der Waals surface area (Å²) in [6, 6.07) is 7.60. The van der Waals surface area contributed by atoms with Crippen LogP contribution in [0.15, 0.2) is 47.0 Å². The number of rotatable bonds is 6. The Morgan fingerprint density at radius 3 is 2.47 bits per heavy atom. The molecule has 0 radical (unpaired) electrons. The molecule has 1 aromatic carbocycles. The maximum Gasteiger partial charge on any atom is 0.435 e. The van der Waals surface area contributed by atoms with Crippen molar-refractivity contribution in [2.24, 2.45) is 4.36 Å². The molecule has 2 aromatic heterocycles. The number of carbonyl (C=O) groups is 2. The Morgan fingerprint density at radius 2 is 1.85 bits per heavy atom. The van der Waals surface area contributed by atoms with Crippen LogP contribution in [0.3, 0.4) is 0 Å². The van der Waals surface area contributed by atoms with Gasteiger partial charge in [-0.2, -0.15) is 22.6 Å². The van der Waals surface area contributed by atoms with E-state index in [4.69, 9.17) is 23.2 Å². The highest BCUT2D eigenvalue weighted by Crippen LogP contribution is 2.31. The predicted octanol–water partition coefficient (Wildman–Crippen LogP) is 5.83. The van der Waals surface area contributed by atoms with Gasteiger partial charge >= 0.3 is 6.18 Å². The summed E-state index contributed by atoms with van der Waals surface area (Å²) in [5.74, 6) is -0.404. The van der Waals surface area contributed by atoms with Crippen molar-refractivity contribution in [2.75, 3.05) is 16.8 Å². The van der Waals surface area contributed by atoms with Gasteiger partial charge < -0.3 is 5.32 Å². The van der Waals surface area contributed by atoms with Crippen molar-refractivity contribution in [2.45, 2.75) is 20.0 Å². The zero-order valence-corrected chi connectivity index (χ0v) is 20.2. The minimum Gasteiger partial charge on any atom is -0.320 e. The van der Waals surface area contributed by atoms with Crippen molar-refractivity contribution in [1.29, 1.82) is 0 Å². The largest absolute Gasteiger partial charge is 0.435 e. The summed E-state index contributed by atoms with van der Waals surface area (Å²) in [5, 5.41) is 6.17. The number of pyridine rings is 1. The van der Waals surface area contributed by atoms with Crippen LogP contribution in [-0.4, -0.2) is 38.1 Å². The van der Waals surface area contributed by atoms with Crippen molar-refractivity contribution < 1.29 is 22.8 Å². The Hall–Kier alpha value is -2.76. The fourth-order valence-corrected chi connectivity index (χ4v) is 4.24. The maximum atomic E-state index is 13.4. The Labute approximate surface area is 205 Å². The van der Waals surface area contributed by atoms with Crippen LogP contribution in [0.25, 0.3) is 5.82 Å². The van der Waals surface area contributed by atoms with Crippen LogP contribution in [-0.2, 0) is 16.9 Å². The number of aromatic nitrogens is 3. The number of benzene rings is 1. The van der Waals surface area contributed by atoms with Crippen LogP contribution < -0.4 is 5.32 Å². The molecule has 0 fully saturated rings. The van der Waals surface area contributed by atoms with E-state index < -0.39 is 40.1 Å². The zero-order chi connectivity index (χ0) is 25.0. The lowest BCUT2D eigenvalue weighted by Crippen LogP contribution is -2.19. The van der Waals surface area contributed by atoms with Crippen molar-refractivity contribution in [3.8, 4) is 5.82 Å². The van der Waals surface area contributed by atoms with Gasteiger partial charge in [-0.3, -0.25) is 9.59 Å². The number of nitrogens with one attached hydrogen (secondary N) is 1. The lowest BCUT2D eigenvalue weighted by Gasteiger charge is -2.11. The van der Waals surface area contributed by atoms with Crippen molar-refractivity contribution in [1.82, 2.24) is 14.8 Å². The molecule has 3 rings (SSSR count). The monoisotopic (exact) mass is 531 g/mol. The van der Waals surface area contributed by atoms with E-state index in [1.165, 1.54) is 36.5 Å². The number of amides is 2. The number of hydrogen-bond acceptors (Lipinski definition) is 4. The predicted molar refractivity (Wildman–Crippen MR) is 126 cm³/mol. The minimum absolute atomic E-state index is 0.0122. The smallest absolute Gasteiger partial charge is 0.320 e. The Bertz CT molecular complexity index is 1270. The topological polar surface area (TPSA) is 89.2 Å². The summed E-state index contributed by atoms with van der Waals surface area (Å²) < 4.78 is 44.9. The molecule has 0 saturated heterocycles. The van der Waals surface area contributed by atoms with E-state index in [2.05, 4.69) is 19.8 Å². The van der Waals surface area contributed by atoms with Crippen LogP contribution in [0, 0.1) is 0 Å². The van der Waals surface area contributed by atoms with Crippen LogP contribution >= 0.6 is 23.2 Å². The zero-order valence-electron chi connectivity index (χ0n) is 17.9. The van der Waals surface area contributed by atoms with E-state index in [1.54, 1.807) is 0 Å². The number of carbonyl (C=O) groups excluding carboxylic acids is 2. The molecular weight excluding hydrogens is 514 g/mol. The summed E-state index contributed by atoms with van der Waals surface area (Å²) >= 11 is 12.1. The van der Waals surface area contributed by atoms with E-state index in [0.29, 0.717) is 22.3 Å². The second-order valence-electron chi connectivity index (χ2n) is 6.71. The van der Waals surface area contributed by atoms with Crippen LogP contribution in [0.2, 0.25) is 10.0 Å². The molecule has 0 aliphatic rings. The molecule has 0 unspecified atom stereocenters. The van der Waals surface area contributed by atoms with Gasteiger partial charge in [0.05, 0.1) is 16.3 Å². The van der Waals surface area contributed by atoms with Gasteiger partial charge in [0.15, 0.2) is 11.5 Å². The maximum absolute atomic E-state index is 13.4. The molecule has 13 heteroatoms. The summed E-state index contributed by atoms with van der Waals surface area (Å²) in [7, 11) is -0.513. The average molecular weight is 532 g/mol. The number of nitrogens with zero attached hydrogens (tertiary/aromatic N) is 4. The van der Waals surface area contributed by atoms with Crippen molar-refractivity contribution >= 4 is 51.4 Å². The Balaban J connectivity index is 2.06. The molecule has 0 bridgehead atoms. The summed E-state index contributed by atoms with van der Waals surface area (Å²) in [5.41, 5.74) is -1.75. The molecule has 0 atom stereocenters. The minimum atomic E-state index is -4.82. The van der Waals surface area contributed by atoms with E-state index in [9.17, 15) is 22.8 Å². The van der Waals surface area contributed by atoms with Gasteiger partial charge in [-0.05, 0) is 30.3 Å². The summed E-state index contributed by atoms with van der Waals surface area (Å²) in [6.07, 6.45) is -3.52. The fraction of sp³-hybridized carbons (Fsp3) is 0.238.